The molecule has 2 aromatic rings. The molecular formula is C21H25N3O6S. The van der Waals surface area contributed by atoms with E-state index in [2.05, 4.69) is 15.4 Å². The van der Waals surface area contributed by atoms with E-state index < -0.39 is 15.9 Å². The molecule has 1 aliphatic heterocycles. The van der Waals surface area contributed by atoms with Crippen LogP contribution in [0.4, 0.5) is 17.1 Å². The highest BCUT2D eigenvalue weighted by Gasteiger charge is 2.17. The Bertz CT molecular complexity index is 1050. The molecule has 3 N–H and O–H groups in total. The van der Waals surface area contributed by atoms with Crippen LogP contribution in [0.2, 0.25) is 0 Å². The summed E-state index contributed by atoms with van der Waals surface area (Å²) >= 11 is 0. The van der Waals surface area contributed by atoms with Crippen LogP contribution in [0.1, 0.15) is 30.1 Å². The number of carbonyl (C=O) groups is 2. The van der Waals surface area contributed by atoms with Crippen LogP contribution < -0.4 is 20.1 Å². The zero-order chi connectivity index (χ0) is 22.4. The number of hydrogen-bond donors (Lipinski definition) is 3. The highest BCUT2D eigenvalue weighted by Crippen LogP contribution is 2.24. The van der Waals surface area contributed by atoms with Crippen molar-refractivity contribution in [3.8, 4) is 5.75 Å². The van der Waals surface area contributed by atoms with Gasteiger partial charge >= 0.3 is 0 Å². The SMILES string of the molecule is CC(=O)Nc1ccc(NS(C)(=O)=O)c(C(=O)Nc2ccc(OCC3CCCO3)cc2)c1. The van der Waals surface area contributed by atoms with E-state index in [0.29, 0.717) is 23.7 Å². The molecule has 2 aromatic carbocycles. The first-order chi connectivity index (χ1) is 14.7. The molecule has 3 rings (SSSR count). The molecule has 1 heterocycles. The zero-order valence-corrected chi connectivity index (χ0v) is 18.1. The minimum atomic E-state index is -3.61. The standard InChI is InChI=1S/C21H25N3O6S/c1-14(25)22-16-7-10-20(24-31(2,27)28)19(12-16)21(26)23-15-5-8-17(9-6-15)30-13-18-4-3-11-29-18/h5-10,12,18,24H,3-4,11,13H2,1-2H3,(H,22,25)(H,23,26). The fourth-order valence-corrected chi connectivity index (χ4v) is 3.68. The quantitative estimate of drug-likeness (QED) is 0.572. The fraction of sp³-hybridized carbons (Fsp3) is 0.333. The Morgan fingerprint density at radius 1 is 1.10 bits per heavy atom. The first-order valence-corrected chi connectivity index (χ1v) is 11.6. The van der Waals surface area contributed by atoms with Crippen molar-refractivity contribution >= 4 is 38.9 Å². The number of anilines is 3. The van der Waals surface area contributed by atoms with Crippen molar-refractivity contribution in [3.05, 3.63) is 48.0 Å². The van der Waals surface area contributed by atoms with Gasteiger partial charge in [0, 0.05) is 24.9 Å². The molecule has 1 unspecified atom stereocenters. The number of ether oxygens (including phenoxy) is 2. The van der Waals surface area contributed by atoms with E-state index in [4.69, 9.17) is 9.47 Å². The summed E-state index contributed by atoms with van der Waals surface area (Å²) < 4.78 is 36.9. The Kier molecular flexibility index (Phi) is 7.13. The van der Waals surface area contributed by atoms with Gasteiger partial charge in [0.05, 0.1) is 23.6 Å². The maximum absolute atomic E-state index is 12.8. The molecule has 0 radical (unpaired) electrons. The Labute approximate surface area is 181 Å². The number of hydrogen-bond acceptors (Lipinski definition) is 6. The lowest BCUT2D eigenvalue weighted by atomic mass is 10.1. The predicted molar refractivity (Wildman–Crippen MR) is 118 cm³/mol. The number of nitrogens with one attached hydrogen (secondary N) is 3. The van der Waals surface area contributed by atoms with Crippen LogP contribution in [0.3, 0.4) is 0 Å². The van der Waals surface area contributed by atoms with Gasteiger partial charge in [-0.2, -0.15) is 0 Å². The first kappa shape index (κ1) is 22.6. The average molecular weight is 448 g/mol. The van der Waals surface area contributed by atoms with Gasteiger partial charge in [0.2, 0.25) is 15.9 Å². The minimum Gasteiger partial charge on any atom is -0.491 e. The smallest absolute Gasteiger partial charge is 0.257 e. The minimum absolute atomic E-state index is 0.0652. The monoisotopic (exact) mass is 447 g/mol. The van der Waals surface area contributed by atoms with Gasteiger partial charge in [0.15, 0.2) is 0 Å². The Balaban J connectivity index is 1.72. The molecule has 0 aromatic heterocycles. The molecule has 0 aliphatic carbocycles. The second kappa shape index (κ2) is 9.80. The van der Waals surface area contributed by atoms with Crippen molar-refractivity contribution in [2.24, 2.45) is 0 Å². The predicted octanol–water partition coefficient (Wildman–Crippen LogP) is 2.83. The van der Waals surface area contributed by atoms with Gasteiger partial charge < -0.3 is 20.1 Å². The average Bonchev–Trinajstić information content (AvgIpc) is 3.21. The Morgan fingerprint density at radius 2 is 1.81 bits per heavy atom. The molecule has 0 spiro atoms. The molecule has 9 nitrogen and oxygen atoms in total. The fourth-order valence-electron chi connectivity index (χ4n) is 3.10. The molecular weight excluding hydrogens is 422 g/mol. The van der Waals surface area contributed by atoms with Gasteiger partial charge in [-0.3, -0.25) is 14.3 Å². The lowest BCUT2D eigenvalue weighted by Gasteiger charge is -2.14. The normalized spacial score (nSPS) is 15.9. The van der Waals surface area contributed by atoms with Crippen LogP contribution in [0.25, 0.3) is 0 Å². The van der Waals surface area contributed by atoms with Crippen LogP contribution >= 0.6 is 0 Å². The third-order valence-electron chi connectivity index (χ3n) is 4.45. The van der Waals surface area contributed by atoms with Crippen molar-refractivity contribution in [3.63, 3.8) is 0 Å². The molecule has 0 bridgehead atoms. The van der Waals surface area contributed by atoms with Crippen molar-refractivity contribution in [1.82, 2.24) is 0 Å². The molecule has 1 fully saturated rings. The Hall–Kier alpha value is -3.11. The molecule has 31 heavy (non-hydrogen) atoms. The van der Waals surface area contributed by atoms with Gasteiger partial charge in [-0.25, -0.2) is 8.42 Å². The summed E-state index contributed by atoms with van der Waals surface area (Å²) in [6.07, 6.45) is 3.12. The highest BCUT2D eigenvalue weighted by molar-refractivity contribution is 7.92. The topological polar surface area (TPSA) is 123 Å². The van der Waals surface area contributed by atoms with Crippen molar-refractivity contribution in [2.45, 2.75) is 25.9 Å². The van der Waals surface area contributed by atoms with Crippen LogP contribution in [0, 0.1) is 0 Å². The number of benzene rings is 2. The summed E-state index contributed by atoms with van der Waals surface area (Å²) in [6, 6.07) is 11.2. The zero-order valence-electron chi connectivity index (χ0n) is 17.3. The lowest BCUT2D eigenvalue weighted by molar-refractivity contribution is -0.114. The van der Waals surface area contributed by atoms with Crippen molar-refractivity contribution in [1.29, 1.82) is 0 Å². The summed E-state index contributed by atoms with van der Waals surface area (Å²) in [6.45, 7) is 2.57. The number of rotatable bonds is 8. The number of carbonyl (C=O) groups excluding carboxylic acids is 2. The summed E-state index contributed by atoms with van der Waals surface area (Å²) in [5, 5.41) is 5.30. The first-order valence-electron chi connectivity index (χ1n) is 9.75. The molecule has 0 saturated carbocycles. The van der Waals surface area contributed by atoms with Crippen molar-refractivity contribution in [2.75, 3.05) is 34.8 Å². The van der Waals surface area contributed by atoms with E-state index in [0.717, 1.165) is 25.7 Å². The highest BCUT2D eigenvalue weighted by atomic mass is 32.2. The van der Waals surface area contributed by atoms with Crippen LogP contribution in [-0.4, -0.2) is 45.8 Å². The molecule has 1 atom stereocenters. The van der Waals surface area contributed by atoms with Crippen LogP contribution in [0.5, 0.6) is 5.75 Å². The lowest BCUT2D eigenvalue weighted by Crippen LogP contribution is -2.18. The van der Waals surface area contributed by atoms with E-state index in [-0.39, 0.29) is 23.3 Å². The maximum Gasteiger partial charge on any atom is 0.257 e. The van der Waals surface area contributed by atoms with Crippen LogP contribution in [-0.2, 0) is 19.6 Å². The van der Waals surface area contributed by atoms with E-state index in [1.54, 1.807) is 24.3 Å². The largest absolute Gasteiger partial charge is 0.491 e. The van der Waals surface area contributed by atoms with E-state index in [1.165, 1.54) is 25.1 Å². The third kappa shape index (κ3) is 6.97. The van der Waals surface area contributed by atoms with E-state index >= 15 is 0 Å². The third-order valence-corrected chi connectivity index (χ3v) is 5.04. The van der Waals surface area contributed by atoms with Crippen LogP contribution in [0.15, 0.2) is 42.5 Å². The second-order valence-electron chi connectivity index (χ2n) is 7.24. The summed E-state index contributed by atoms with van der Waals surface area (Å²) in [7, 11) is -3.61. The van der Waals surface area contributed by atoms with Gasteiger partial charge in [-0.05, 0) is 55.3 Å². The molecule has 2 amide bonds. The summed E-state index contributed by atoms with van der Waals surface area (Å²) in [5.74, 6) is -0.194. The molecule has 10 heteroatoms. The van der Waals surface area contributed by atoms with Gasteiger partial charge in [0.1, 0.15) is 12.4 Å². The molecule has 166 valence electrons. The van der Waals surface area contributed by atoms with Gasteiger partial charge in [-0.15, -0.1) is 0 Å². The second-order valence-corrected chi connectivity index (χ2v) is 8.99. The Morgan fingerprint density at radius 3 is 2.42 bits per heavy atom. The van der Waals surface area contributed by atoms with E-state index in [9.17, 15) is 18.0 Å². The number of amides is 2. The molecule has 1 aliphatic rings. The van der Waals surface area contributed by atoms with Crippen molar-refractivity contribution < 1.29 is 27.5 Å². The summed E-state index contributed by atoms with van der Waals surface area (Å²) in [4.78, 5) is 24.2. The molecule has 1 saturated heterocycles. The number of sulfonamides is 1. The van der Waals surface area contributed by atoms with E-state index in [1.807, 2.05) is 0 Å². The van der Waals surface area contributed by atoms with Gasteiger partial charge in [-0.1, -0.05) is 0 Å². The maximum atomic E-state index is 12.8. The summed E-state index contributed by atoms with van der Waals surface area (Å²) in [5.41, 5.74) is 1.04. The van der Waals surface area contributed by atoms with Gasteiger partial charge in [0.25, 0.3) is 5.91 Å².